The zero-order valence-corrected chi connectivity index (χ0v) is 18.8. The maximum absolute atomic E-state index is 11.1. The van der Waals surface area contributed by atoms with Gasteiger partial charge in [0.1, 0.15) is 12.1 Å². The van der Waals surface area contributed by atoms with Crippen molar-refractivity contribution in [3.05, 3.63) is 76.7 Å². The number of hydrogen-bond acceptors (Lipinski definition) is 8. The second-order valence-electron chi connectivity index (χ2n) is 8.45. The first-order valence-corrected chi connectivity index (χ1v) is 11.4. The molecule has 10 heteroatoms. The number of non-ortho nitro benzene ring substituents is 1. The number of aromatic nitrogens is 4. The fraction of sp³-hybridized carbons (Fsp3) is 0.292. The van der Waals surface area contributed by atoms with Crippen LogP contribution < -0.4 is 16.0 Å². The molecule has 174 valence electrons. The first-order valence-electron chi connectivity index (χ1n) is 11.4. The van der Waals surface area contributed by atoms with Crippen molar-refractivity contribution in [3.8, 4) is 5.82 Å². The Hall–Kier alpha value is -4.05. The van der Waals surface area contributed by atoms with E-state index in [2.05, 4.69) is 37.0 Å². The largest absolute Gasteiger partial charge is 0.383 e. The Morgan fingerprint density at radius 1 is 1.24 bits per heavy atom. The fourth-order valence-electron chi connectivity index (χ4n) is 4.21. The van der Waals surface area contributed by atoms with E-state index in [1.54, 1.807) is 24.7 Å². The molecule has 1 saturated heterocycles. The van der Waals surface area contributed by atoms with Gasteiger partial charge in [-0.1, -0.05) is 12.1 Å². The lowest BCUT2D eigenvalue weighted by Gasteiger charge is -2.15. The Kier molecular flexibility index (Phi) is 6.05. The number of benzene rings is 2. The van der Waals surface area contributed by atoms with E-state index in [0.29, 0.717) is 17.8 Å². The van der Waals surface area contributed by atoms with Crippen LogP contribution in [0.2, 0.25) is 0 Å². The van der Waals surface area contributed by atoms with Crippen molar-refractivity contribution in [1.29, 1.82) is 0 Å². The quantitative estimate of drug-likeness (QED) is 0.267. The van der Waals surface area contributed by atoms with Crippen LogP contribution in [0.4, 0.5) is 17.3 Å². The molecule has 0 spiro atoms. The van der Waals surface area contributed by atoms with E-state index in [9.17, 15) is 10.1 Å². The lowest BCUT2D eigenvalue weighted by Crippen LogP contribution is -2.29. The first-order chi connectivity index (χ1) is 16.6. The van der Waals surface area contributed by atoms with Gasteiger partial charge in [0.05, 0.1) is 22.0 Å². The number of rotatable bonds is 8. The molecule has 34 heavy (non-hydrogen) atoms. The zero-order valence-electron chi connectivity index (χ0n) is 18.8. The minimum absolute atomic E-state index is 0.0547. The Balaban J connectivity index is 1.32. The Labute approximate surface area is 196 Å². The molecule has 1 unspecified atom stereocenters. The summed E-state index contributed by atoms with van der Waals surface area (Å²) in [5.41, 5.74) is 3.70. The van der Waals surface area contributed by atoms with Crippen LogP contribution in [0.3, 0.4) is 0 Å². The van der Waals surface area contributed by atoms with E-state index >= 15 is 0 Å². The summed E-state index contributed by atoms with van der Waals surface area (Å²) in [6, 6.07) is 14.8. The average Bonchev–Trinajstić information content (AvgIpc) is 3.52. The van der Waals surface area contributed by atoms with Crippen molar-refractivity contribution in [2.24, 2.45) is 0 Å². The molecule has 2 atom stereocenters. The molecule has 5 rings (SSSR count). The van der Waals surface area contributed by atoms with Crippen molar-refractivity contribution in [3.63, 3.8) is 0 Å². The third kappa shape index (κ3) is 4.67. The third-order valence-electron chi connectivity index (χ3n) is 6.08. The average molecular weight is 459 g/mol. The summed E-state index contributed by atoms with van der Waals surface area (Å²) in [6.45, 7) is 3.91. The van der Waals surface area contributed by atoms with Crippen LogP contribution in [-0.2, 0) is 0 Å². The summed E-state index contributed by atoms with van der Waals surface area (Å²) < 4.78 is 1.92. The third-order valence-corrected chi connectivity index (χ3v) is 6.08. The van der Waals surface area contributed by atoms with Crippen LogP contribution in [0.25, 0.3) is 16.9 Å². The zero-order chi connectivity index (χ0) is 23.5. The number of hydrogen-bond donors (Lipinski definition) is 3. The molecule has 3 N–H and O–H groups in total. The summed E-state index contributed by atoms with van der Waals surface area (Å²) >= 11 is 0. The van der Waals surface area contributed by atoms with Gasteiger partial charge in [-0.15, -0.1) is 0 Å². The van der Waals surface area contributed by atoms with Crippen molar-refractivity contribution in [2.45, 2.75) is 31.8 Å². The molecule has 2 aromatic heterocycles. The summed E-state index contributed by atoms with van der Waals surface area (Å²) in [5, 5.41) is 21.3. The minimum atomic E-state index is -0.399. The number of imidazole rings is 1. The second kappa shape index (κ2) is 9.44. The van der Waals surface area contributed by atoms with Crippen LogP contribution in [-0.4, -0.2) is 43.6 Å². The number of anilines is 2. The molecular weight excluding hydrogens is 432 g/mol. The number of nitrogens with one attached hydrogen (secondary N) is 3. The molecule has 1 aliphatic heterocycles. The number of nitrogens with zero attached hydrogens (tertiary/aromatic N) is 5. The molecule has 0 amide bonds. The van der Waals surface area contributed by atoms with Crippen molar-refractivity contribution in [2.75, 3.05) is 23.7 Å². The molecule has 1 aliphatic rings. The molecule has 0 bridgehead atoms. The van der Waals surface area contributed by atoms with E-state index in [1.165, 1.54) is 18.9 Å². The SMILES string of the molecule is C[C@H](Nc1nccc(-n2cnc3cc(NCC4CCCN4)ccc32)n1)c1cccc([N+](=O)[O-])c1. The predicted molar refractivity (Wildman–Crippen MR) is 131 cm³/mol. The molecule has 1 fully saturated rings. The first kappa shape index (κ1) is 21.8. The number of fused-ring (bicyclic) bond motifs is 1. The van der Waals surface area contributed by atoms with Gasteiger partial charge in [0.15, 0.2) is 0 Å². The summed E-state index contributed by atoms with van der Waals surface area (Å²) in [4.78, 5) is 24.2. The maximum Gasteiger partial charge on any atom is 0.269 e. The summed E-state index contributed by atoms with van der Waals surface area (Å²) in [5.74, 6) is 1.11. The second-order valence-corrected chi connectivity index (χ2v) is 8.45. The molecule has 0 aliphatic carbocycles. The standard InChI is InChI=1S/C24H26N8O2/c1-16(17-4-2-6-20(12-17)32(33)34)29-24-26-11-9-23(30-24)31-15-28-21-13-18(7-8-22(21)31)27-14-19-5-3-10-25-19/h2,4,6-9,11-13,15-16,19,25,27H,3,5,10,14H2,1H3,(H,26,29,30)/t16-,19?/m0/s1. The topological polar surface area (TPSA) is 123 Å². The van der Waals surface area contributed by atoms with Gasteiger partial charge in [-0.25, -0.2) is 9.97 Å². The van der Waals surface area contributed by atoms with Crippen LogP contribution in [0.15, 0.2) is 61.1 Å². The van der Waals surface area contributed by atoms with Gasteiger partial charge in [-0.05, 0) is 56.1 Å². The molecule has 2 aromatic carbocycles. The van der Waals surface area contributed by atoms with Gasteiger partial charge >= 0.3 is 0 Å². The molecule has 0 radical (unpaired) electrons. The summed E-state index contributed by atoms with van der Waals surface area (Å²) in [7, 11) is 0. The van der Waals surface area contributed by atoms with Crippen LogP contribution >= 0.6 is 0 Å². The van der Waals surface area contributed by atoms with E-state index < -0.39 is 4.92 Å². The van der Waals surface area contributed by atoms with Gasteiger partial charge in [-0.3, -0.25) is 14.7 Å². The lowest BCUT2D eigenvalue weighted by molar-refractivity contribution is -0.384. The Morgan fingerprint density at radius 2 is 2.15 bits per heavy atom. The predicted octanol–water partition coefficient (Wildman–Crippen LogP) is 4.06. The van der Waals surface area contributed by atoms with Crippen molar-refractivity contribution in [1.82, 2.24) is 24.8 Å². The number of nitro benzene ring substituents is 1. The highest BCUT2D eigenvalue weighted by Gasteiger charge is 2.15. The Morgan fingerprint density at radius 3 is 2.97 bits per heavy atom. The minimum Gasteiger partial charge on any atom is -0.383 e. The van der Waals surface area contributed by atoms with Crippen molar-refractivity contribution < 1.29 is 4.92 Å². The van der Waals surface area contributed by atoms with Gasteiger partial charge in [0.25, 0.3) is 5.69 Å². The smallest absolute Gasteiger partial charge is 0.269 e. The highest BCUT2D eigenvalue weighted by molar-refractivity contribution is 5.81. The maximum atomic E-state index is 11.1. The molecule has 0 saturated carbocycles. The highest BCUT2D eigenvalue weighted by Crippen LogP contribution is 2.24. The molecule has 3 heterocycles. The van der Waals surface area contributed by atoms with Crippen LogP contribution in [0.5, 0.6) is 0 Å². The van der Waals surface area contributed by atoms with Gasteiger partial charge in [-0.2, -0.15) is 4.98 Å². The van der Waals surface area contributed by atoms with E-state index in [-0.39, 0.29) is 11.7 Å². The van der Waals surface area contributed by atoms with Gasteiger partial charge in [0, 0.05) is 36.6 Å². The van der Waals surface area contributed by atoms with Crippen LogP contribution in [0.1, 0.15) is 31.4 Å². The number of nitro groups is 1. The van der Waals surface area contributed by atoms with E-state index in [4.69, 9.17) is 0 Å². The molecule has 10 nitrogen and oxygen atoms in total. The van der Waals surface area contributed by atoms with E-state index in [0.717, 1.165) is 35.4 Å². The molecular formula is C24H26N8O2. The van der Waals surface area contributed by atoms with E-state index in [1.807, 2.05) is 35.8 Å². The van der Waals surface area contributed by atoms with Crippen molar-refractivity contribution >= 4 is 28.4 Å². The normalized spacial score (nSPS) is 16.4. The lowest BCUT2D eigenvalue weighted by atomic mass is 10.1. The summed E-state index contributed by atoms with van der Waals surface area (Å²) in [6.07, 6.45) is 5.87. The van der Waals surface area contributed by atoms with Crippen LogP contribution in [0, 0.1) is 10.1 Å². The fourth-order valence-corrected chi connectivity index (χ4v) is 4.21. The Bertz CT molecular complexity index is 1320. The highest BCUT2D eigenvalue weighted by atomic mass is 16.6. The van der Waals surface area contributed by atoms with Gasteiger partial charge in [0.2, 0.25) is 5.95 Å². The van der Waals surface area contributed by atoms with Gasteiger partial charge < -0.3 is 16.0 Å². The monoisotopic (exact) mass is 458 g/mol. The molecule has 4 aromatic rings.